The molecule has 0 saturated carbocycles. The van der Waals surface area contributed by atoms with Crippen LogP contribution in [0.3, 0.4) is 0 Å². The van der Waals surface area contributed by atoms with E-state index in [0.717, 1.165) is 38.4 Å². The number of nitrogens with zero attached hydrogens (tertiary/aromatic N) is 2. The molecule has 2 heterocycles. The van der Waals surface area contributed by atoms with Gasteiger partial charge in [-0.05, 0) is 37.6 Å². The third-order valence-corrected chi connectivity index (χ3v) is 5.60. The summed E-state index contributed by atoms with van der Waals surface area (Å²) < 4.78 is 5.58. The topological polar surface area (TPSA) is 73.9 Å². The number of amides is 2. The van der Waals surface area contributed by atoms with Gasteiger partial charge in [0.2, 0.25) is 5.91 Å². The minimum Gasteiger partial charge on any atom is -0.479 e. The molecule has 2 atom stereocenters. The van der Waals surface area contributed by atoms with E-state index < -0.39 is 6.10 Å². The van der Waals surface area contributed by atoms with E-state index in [9.17, 15) is 9.59 Å². The first-order valence-electron chi connectivity index (χ1n) is 10.4. The van der Waals surface area contributed by atoms with Crippen LogP contribution in [0.15, 0.2) is 48.5 Å². The van der Waals surface area contributed by atoms with Gasteiger partial charge < -0.3 is 20.3 Å². The lowest BCUT2D eigenvalue weighted by atomic mass is 10.1. The number of ether oxygens (including phenoxy) is 1. The largest absolute Gasteiger partial charge is 0.479 e. The lowest BCUT2D eigenvalue weighted by Crippen LogP contribution is -2.51. The van der Waals surface area contributed by atoms with Gasteiger partial charge in [-0.25, -0.2) is 0 Å². The highest BCUT2D eigenvalue weighted by Crippen LogP contribution is 2.32. The van der Waals surface area contributed by atoms with Crippen molar-refractivity contribution in [3.8, 4) is 5.75 Å². The van der Waals surface area contributed by atoms with Gasteiger partial charge >= 0.3 is 0 Å². The second kappa shape index (κ2) is 8.75. The monoisotopic (exact) mass is 408 g/mol. The second-order valence-corrected chi connectivity index (χ2v) is 7.91. The van der Waals surface area contributed by atoms with Crippen LogP contribution < -0.4 is 15.4 Å². The van der Waals surface area contributed by atoms with Gasteiger partial charge in [-0.3, -0.25) is 14.5 Å². The molecule has 2 N–H and O–H groups in total. The zero-order valence-corrected chi connectivity index (χ0v) is 17.4. The van der Waals surface area contributed by atoms with Crippen molar-refractivity contribution >= 4 is 23.2 Å². The van der Waals surface area contributed by atoms with Crippen molar-refractivity contribution < 1.29 is 14.3 Å². The van der Waals surface area contributed by atoms with Gasteiger partial charge in [0.25, 0.3) is 5.91 Å². The molecule has 7 heteroatoms. The summed E-state index contributed by atoms with van der Waals surface area (Å²) in [6.07, 6.45) is -0.502. The van der Waals surface area contributed by atoms with Crippen LogP contribution in [-0.4, -0.2) is 59.9 Å². The minimum atomic E-state index is -0.502. The Morgan fingerprint density at radius 1 is 1.17 bits per heavy atom. The summed E-state index contributed by atoms with van der Waals surface area (Å²) >= 11 is 0. The van der Waals surface area contributed by atoms with Gasteiger partial charge in [0, 0.05) is 38.4 Å². The number of anilines is 2. The first kappa shape index (κ1) is 20.2. The van der Waals surface area contributed by atoms with Crippen molar-refractivity contribution in [1.29, 1.82) is 0 Å². The van der Waals surface area contributed by atoms with Crippen LogP contribution in [0.5, 0.6) is 5.75 Å². The van der Waals surface area contributed by atoms with Crippen molar-refractivity contribution in [2.24, 2.45) is 0 Å². The van der Waals surface area contributed by atoms with E-state index in [1.165, 1.54) is 5.56 Å². The molecule has 2 amide bonds. The Kier molecular flexibility index (Phi) is 5.90. The van der Waals surface area contributed by atoms with Crippen LogP contribution in [0.4, 0.5) is 11.4 Å². The number of fused-ring (bicyclic) bond motifs is 1. The zero-order valence-electron chi connectivity index (χ0n) is 17.4. The van der Waals surface area contributed by atoms with Gasteiger partial charge in [0.05, 0.1) is 5.69 Å². The summed E-state index contributed by atoms with van der Waals surface area (Å²) in [6.45, 7) is 7.69. The maximum absolute atomic E-state index is 12.9. The smallest absolute Gasteiger partial charge is 0.265 e. The molecular weight excluding hydrogens is 380 g/mol. The van der Waals surface area contributed by atoms with E-state index >= 15 is 0 Å². The Hall–Kier alpha value is -3.06. The molecule has 2 aliphatic heterocycles. The summed E-state index contributed by atoms with van der Waals surface area (Å²) in [6, 6.07) is 15.5. The van der Waals surface area contributed by atoms with E-state index in [0.29, 0.717) is 11.4 Å². The van der Waals surface area contributed by atoms with E-state index in [4.69, 9.17) is 4.74 Å². The van der Waals surface area contributed by atoms with Crippen LogP contribution >= 0.6 is 0 Å². The average molecular weight is 409 g/mol. The van der Waals surface area contributed by atoms with Gasteiger partial charge in [0.1, 0.15) is 11.8 Å². The Labute approximate surface area is 177 Å². The number of carbonyl (C=O) groups excluding carboxylic acids is 2. The van der Waals surface area contributed by atoms with Crippen molar-refractivity contribution in [3.05, 3.63) is 54.1 Å². The van der Waals surface area contributed by atoms with Gasteiger partial charge in [0.15, 0.2) is 6.10 Å². The summed E-state index contributed by atoms with van der Waals surface area (Å²) in [5.74, 6) is 0.555. The second-order valence-electron chi connectivity index (χ2n) is 7.91. The first-order valence-corrected chi connectivity index (χ1v) is 10.4. The third-order valence-electron chi connectivity index (χ3n) is 5.60. The number of hydrogen-bond donors (Lipinski definition) is 2. The summed E-state index contributed by atoms with van der Waals surface area (Å²) in [7, 11) is 0. The molecule has 1 saturated heterocycles. The quantitative estimate of drug-likeness (QED) is 0.796. The summed E-state index contributed by atoms with van der Waals surface area (Å²) in [4.78, 5) is 29.0. The van der Waals surface area contributed by atoms with Crippen LogP contribution in [0.1, 0.15) is 19.4 Å². The highest BCUT2D eigenvalue weighted by atomic mass is 16.5. The molecule has 0 radical (unpaired) electrons. The minimum absolute atomic E-state index is 0.0842. The number of carbonyl (C=O) groups is 2. The van der Waals surface area contributed by atoms with E-state index in [2.05, 4.69) is 39.8 Å². The molecular formula is C23H28N4O3. The van der Waals surface area contributed by atoms with Crippen molar-refractivity contribution in [3.63, 3.8) is 0 Å². The predicted molar refractivity (Wildman–Crippen MR) is 117 cm³/mol. The average Bonchev–Trinajstić information content (AvgIpc) is 2.75. The lowest BCUT2D eigenvalue weighted by Gasteiger charge is -2.36. The Bertz CT molecular complexity index is 910. The van der Waals surface area contributed by atoms with E-state index in [1.54, 1.807) is 13.0 Å². The molecule has 0 spiro atoms. The van der Waals surface area contributed by atoms with Gasteiger partial charge in [-0.1, -0.05) is 30.3 Å². The van der Waals surface area contributed by atoms with Crippen LogP contribution in [0.25, 0.3) is 0 Å². The molecule has 2 aliphatic rings. The zero-order chi connectivity index (χ0) is 21.1. The van der Waals surface area contributed by atoms with Crippen molar-refractivity contribution in [1.82, 2.24) is 9.80 Å². The van der Waals surface area contributed by atoms with E-state index in [-0.39, 0.29) is 17.9 Å². The Morgan fingerprint density at radius 2 is 1.90 bits per heavy atom. The van der Waals surface area contributed by atoms with E-state index in [1.807, 2.05) is 30.0 Å². The third kappa shape index (κ3) is 4.57. The molecule has 4 rings (SSSR count). The molecule has 0 aliphatic carbocycles. The number of rotatable bonds is 5. The van der Waals surface area contributed by atoms with Crippen molar-refractivity contribution in [2.45, 2.75) is 32.5 Å². The maximum atomic E-state index is 12.9. The molecule has 7 nitrogen and oxygen atoms in total. The maximum Gasteiger partial charge on any atom is 0.265 e. The molecule has 0 unspecified atom stereocenters. The number of benzene rings is 2. The van der Waals surface area contributed by atoms with Crippen LogP contribution in [-0.2, 0) is 16.1 Å². The van der Waals surface area contributed by atoms with Gasteiger partial charge in [-0.2, -0.15) is 0 Å². The molecule has 2 aromatic rings. The molecule has 2 aromatic carbocycles. The number of nitrogens with one attached hydrogen (secondary N) is 2. The molecule has 158 valence electrons. The van der Waals surface area contributed by atoms with Gasteiger partial charge in [-0.15, -0.1) is 0 Å². The first-order chi connectivity index (χ1) is 14.5. The SMILES string of the molecule is C[C@H](Nc1ccc2c(c1)NC(=O)[C@H](C)O2)C(=O)N1CCN(Cc2ccccc2)CC1. The Morgan fingerprint density at radius 3 is 2.63 bits per heavy atom. The normalized spacial score (nSPS) is 20.0. The fourth-order valence-corrected chi connectivity index (χ4v) is 3.85. The molecule has 30 heavy (non-hydrogen) atoms. The summed E-state index contributed by atoms with van der Waals surface area (Å²) in [5.41, 5.74) is 2.69. The highest BCUT2D eigenvalue weighted by Gasteiger charge is 2.26. The number of piperazine rings is 1. The Balaban J connectivity index is 1.30. The molecule has 1 fully saturated rings. The summed E-state index contributed by atoms with van der Waals surface area (Å²) in [5, 5.41) is 6.09. The number of hydrogen-bond acceptors (Lipinski definition) is 5. The van der Waals surface area contributed by atoms with Crippen LogP contribution in [0.2, 0.25) is 0 Å². The fourth-order valence-electron chi connectivity index (χ4n) is 3.85. The standard InChI is InChI=1S/C23H28N4O3/c1-16(24-19-8-9-21-20(14-19)25-22(28)17(2)30-21)23(29)27-12-10-26(11-13-27)15-18-6-4-3-5-7-18/h3-9,14,16-17,24H,10-13,15H2,1-2H3,(H,25,28)/t16-,17-/m0/s1. The lowest BCUT2D eigenvalue weighted by molar-refractivity contribution is -0.133. The fraction of sp³-hybridized carbons (Fsp3) is 0.391. The molecule has 0 bridgehead atoms. The highest BCUT2D eigenvalue weighted by molar-refractivity contribution is 5.98. The van der Waals surface area contributed by atoms with Crippen molar-refractivity contribution in [2.75, 3.05) is 36.8 Å². The predicted octanol–water partition coefficient (Wildman–Crippen LogP) is 2.55. The van der Waals surface area contributed by atoms with Crippen LogP contribution in [0, 0.1) is 0 Å². The molecule has 0 aromatic heterocycles.